The summed E-state index contributed by atoms with van der Waals surface area (Å²) in [5.41, 5.74) is 1.03. The molecule has 1 saturated heterocycles. The predicted octanol–water partition coefficient (Wildman–Crippen LogP) is 2.51. The number of halogens is 1. The van der Waals surface area contributed by atoms with Gasteiger partial charge in [-0.25, -0.2) is 0 Å². The van der Waals surface area contributed by atoms with Crippen LogP contribution in [-0.4, -0.2) is 25.1 Å². The normalized spacial score (nSPS) is 18.0. The van der Waals surface area contributed by atoms with E-state index in [1.54, 1.807) is 0 Å². The summed E-state index contributed by atoms with van der Waals surface area (Å²) in [4.78, 5) is 12.1. The molecular weight excluding hydrogens is 288 g/mol. The summed E-state index contributed by atoms with van der Waals surface area (Å²) in [6.45, 7) is 6.34. The lowest BCUT2D eigenvalue weighted by Gasteiger charge is -2.22. The van der Waals surface area contributed by atoms with E-state index in [1.165, 1.54) is 0 Å². The fourth-order valence-corrected chi connectivity index (χ4v) is 2.42. The van der Waals surface area contributed by atoms with E-state index in [0.717, 1.165) is 37.2 Å². The lowest BCUT2D eigenvalue weighted by molar-refractivity contribution is -0.125. The molecule has 1 aromatic carbocycles. The number of ether oxygens (including phenoxy) is 1. The van der Waals surface area contributed by atoms with Crippen LogP contribution in [0.2, 0.25) is 0 Å². The first kappa shape index (κ1) is 17.8. The predicted molar refractivity (Wildman–Crippen MR) is 86.9 cm³/mol. The molecule has 1 aliphatic heterocycles. The van der Waals surface area contributed by atoms with Crippen LogP contribution < -0.4 is 15.4 Å². The van der Waals surface area contributed by atoms with Gasteiger partial charge >= 0.3 is 0 Å². The van der Waals surface area contributed by atoms with Gasteiger partial charge in [-0.15, -0.1) is 12.4 Å². The monoisotopic (exact) mass is 312 g/mol. The minimum atomic E-state index is 0. The van der Waals surface area contributed by atoms with Crippen LogP contribution in [0.5, 0.6) is 5.75 Å². The maximum Gasteiger partial charge on any atom is 0.224 e. The molecule has 118 valence electrons. The Kier molecular flexibility index (Phi) is 7.54. The summed E-state index contributed by atoms with van der Waals surface area (Å²) in [5, 5.41) is 6.29. The number of carbonyl (C=O) groups excluding carboxylic acids is 1. The Labute approximate surface area is 133 Å². The molecule has 21 heavy (non-hydrogen) atoms. The van der Waals surface area contributed by atoms with Crippen molar-refractivity contribution >= 4 is 18.3 Å². The highest BCUT2D eigenvalue weighted by atomic mass is 35.5. The van der Waals surface area contributed by atoms with Crippen molar-refractivity contribution in [3.05, 3.63) is 29.8 Å². The van der Waals surface area contributed by atoms with Gasteiger partial charge in [0.05, 0.1) is 12.0 Å². The van der Waals surface area contributed by atoms with Gasteiger partial charge in [0.15, 0.2) is 0 Å². The van der Waals surface area contributed by atoms with Gasteiger partial charge in [-0.1, -0.05) is 18.2 Å². The number of hydrogen-bond donors (Lipinski definition) is 2. The van der Waals surface area contributed by atoms with Gasteiger partial charge in [0, 0.05) is 18.7 Å². The average Bonchev–Trinajstić information content (AvgIpc) is 2.46. The van der Waals surface area contributed by atoms with Gasteiger partial charge in [-0.3, -0.25) is 4.79 Å². The smallest absolute Gasteiger partial charge is 0.224 e. The molecule has 1 unspecified atom stereocenters. The molecule has 2 N–H and O–H groups in total. The molecule has 0 aliphatic carbocycles. The number of piperidine rings is 1. The zero-order valence-electron chi connectivity index (χ0n) is 12.7. The summed E-state index contributed by atoms with van der Waals surface area (Å²) >= 11 is 0. The van der Waals surface area contributed by atoms with Gasteiger partial charge < -0.3 is 15.4 Å². The zero-order chi connectivity index (χ0) is 14.4. The number of amides is 1. The number of carbonyl (C=O) groups is 1. The van der Waals surface area contributed by atoms with E-state index in [0.29, 0.717) is 6.54 Å². The summed E-state index contributed by atoms with van der Waals surface area (Å²) < 4.78 is 5.76. The van der Waals surface area contributed by atoms with Gasteiger partial charge in [-0.05, 0) is 39.3 Å². The second-order valence-corrected chi connectivity index (χ2v) is 5.54. The highest BCUT2D eigenvalue weighted by molar-refractivity contribution is 5.85. The van der Waals surface area contributed by atoms with Crippen molar-refractivity contribution < 1.29 is 9.53 Å². The fraction of sp³-hybridized carbons (Fsp3) is 0.562. The number of benzene rings is 1. The maximum absolute atomic E-state index is 12.1. The van der Waals surface area contributed by atoms with E-state index in [4.69, 9.17) is 4.74 Å². The van der Waals surface area contributed by atoms with E-state index in [-0.39, 0.29) is 30.3 Å². The van der Waals surface area contributed by atoms with Gasteiger partial charge in [0.1, 0.15) is 5.75 Å². The molecule has 5 heteroatoms. The fourth-order valence-electron chi connectivity index (χ4n) is 2.42. The average molecular weight is 313 g/mol. The van der Waals surface area contributed by atoms with Crippen molar-refractivity contribution in [1.82, 2.24) is 10.6 Å². The molecule has 1 atom stereocenters. The molecule has 0 radical (unpaired) electrons. The first-order valence-electron chi connectivity index (χ1n) is 7.40. The molecule has 0 saturated carbocycles. The highest BCUT2D eigenvalue weighted by Gasteiger charge is 2.20. The first-order chi connectivity index (χ1) is 9.66. The second-order valence-electron chi connectivity index (χ2n) is 5.54. The summed E-state index contributed by atoms with van der Waals surface area (Å²) in [7, 11) is 0. The van der Waals surface area contributed by atoms with Crippen LogP contribution in [0.4, 0.5) is 0 Å². The molecule has 1 heterocycles. The molecule has 0 spiro atoms. The Hall–Kier alpha value is -1.26. The molecule has 0 aromatic heterocycles. The lowest BCUT2D eigenvalue weighted by atomic mass is 9.99. The topological polar surface area (TPSA) is 50.4 Å². The van der Waals surface area contributed by atoms with Crippen LogP contribution in [0.25, 0.3) is 0 Å². The minimum Gasteiger partial charge on any atom is -0.491 e. The van der Waals surface area contributed by atoms with Crippen LogP contribution in [-0.2, 0) is 11.3 Å². The third-order valence-electron chi connectivity index (χ3n) is 3.46. The molecule has 1 aromatic rings. The van der Waals surface area contributed by atoms with Crippen LogP contribution >= 0.6 is 12.4 Å². The second kappa shape index (κ2) is 8.90. The van der Waals surface area contributed by atoms with Crippen molar-refractivity contribution in [3.63, 3.8) is 0 Å². The van der Waals surface area contributed by atoms with Gasteiger partial charge in [0.2, 0.25) is 5.91 Å². The molecule has 1 fully saturated rings. The van der Waals surface area contributed by atoms with Crippen LogP contribution in [0.1, 0.15) is 32.3 Å². The third kappa shape index (κ3) is 5.56. The highest BCUT2D eigenvalue weighted by Crippen LogP contribution is 2.19. The summed E-state index contributed by atoms with van der Waals surface area (Å²) in [6.07, 6.45) is 2.18. The SMILES string of the molecule is CC(C)Oc1ccccc1CNC(=O)C1CCCNC1.Cl. The third-order valence-corrected chi connectivity index (χ3v) is 3.46. The number of rotatable bonds is 5. The molecule has 1 amide bonds. The van der Waals surface area contributed by atoms with Crippen molar-refractivity contribution in [2.45, 2.75) is 39.3 Å². The molecule has 0 bridgehead atoms. The van der Waals surface area contributed by atoms with Crippen molar-refractivity contribution in [3.8, 4) is 5.75 Å². The van der Waals surface area contributed by atoms with Gasteiger partial charge in [-0.2, -0.15) is 0 Å². The van der Waals surface area contributed by atoms with E-state index in [1.807, 2.05) is 38.1 Å². The Morgan fingerprint density at radius 1 is 1.43 bits per heavy atom. The maximum atomic E-state index is 12.1. The van der Waals surface area contributed by atoms with Crippen LogP contribution in [0.3, 0.4) is 0 Å². The zero-order valence-corrected chi connectivity index (χ0v) is 13.5. The van der Waals surface area contributed by atoms with Crippen LogP contribution in [0.15, 0.2) is 24.3 Å². The minimum absolute atomic E-state index is 0. The molecular formula is C16H25ClN2O2. The largest absolute Gasteiger partial charge is 0.491 e. The van der Waals surface area contributed by atoms with Crippen molar-refractivity contribution in [1.29, 1.82) is 0 Å². The summed E-state index contributed by atoms with van der Waals surface area (Å²) in [6, 6.07) is 7.87. The first-order valence-corrected chi connectivity index (χ1v) is 7.40. The Bertz CT molecular complexity index is 446. The van der Waals surface area contributed by atoms with Gasteiger partial charge in [0.25, 0.3) is 0 Å². The molecule has 4 nitrogen and oxygen atoms in total. The standard InChI is InChI=1S/C16H24N2O2.ClH/c1-12(2)20-15-8-4-3-6-13(15)11-18-16(19)14-7-5-9-17-10-14;/h3-4,6,8,12,14,17H,5,7,9-11H2,1-2H3,(H,18,19);1H. The number of para-hydroxylation sites is 1. The van der Waals surface area contributed by atoms with Crippen LogP contribution in [0, 0.1) is 5.92 Å². The summed E-state index contributed by atoms with van der Waals surface area (Å²) in [5.74, 6) is 1.09. The Morgan fingerprint density at radius 2 is 2.19 bits per heavy atom. The van der Waals surface area contributed by atoms with E-state index in [2.05, 4.69) is 10.6 Å². The number of hydrogen-bond acceptors (Lipinski definition) is 3. The quantitative estimate of drug-likeness (QED) is 0.878. The van der Waals surface area contributed by atoms with E-state index < -0.39 is 0 Å². The molecule has 1 aliphatic rings. The van der Waals surface area contributed by atoms with E-state index in [9.17, 15) is 4.79 Å². The lowest BCUT2D eigenvalue weighted by Crippen LogP contribution is -2.40. The Balaban J connectivity index is 0.00000220. The molecule has 2 rings (SSSR count). The van der Waals surface area contributed by atoms with Crippen molar-refractivity contribution in [2.24, 2.45) is 5.92 Å². The van der Waals surface area contributed by atoms with Crippen molar-refractivity contribution in [2.75, 3.05) is 13.1 Å². The number of nitrogens with one attached hydrogen (secondary N) is 2. The van der Waals surface area contributed by atoms with E-state index >= 15 is 0 Å². The Morgan fingerprint density at radius 3 is 2.86 bits per heavy atom.